The number of allylic oxidation sites excluding steroid dienone is 4. The van der Waals surface area contributed by atoms with Gasteiger partial charge in [0.15, 0.2) is 5.78 Å². The van der Waals surface area contributed by atoms with Gasteiger partial charge in [-0.1, -0.05) is 45.3 Å². The van der Waals surface area contributed by atoms with Gasteiger partial charge in [0.2, 0.25) is 0 Å². The molecular formula is C16H26O. The summed E-state index contributed by atoms with van der Waals surface area (Å²) in [4.78, 5) is 11.7. The summed E-state index contributed by atoms with van der Waals surface area (Å²) in [6.45, 7) is 8.89. The van der Waals surface area contributed by atoms with E-state index in [2.05, 4.69) is 33.8 Å². The van der Waals surface area contributed by atoms with Crippen molar-refractivity contribution in [3.8, 4) is 0 Å². The number of hydrogen-bond acceptors (Lipinski definition) is 1. The van der Waals surface area contributed by atoms with Gasteiger partial charge in [0.1, 0.15) is 0 Å². The molecule has 1 rings (SSSR count). The molecule has 0 bridgehead atoms. The van der Waals surface area contributed by atoms with Crippen LogP contribution in [0.5, 0.6) is 0 Å². The van der Waals surface area contributed by atoms with Crippen LogP contribution >= 0.6 is 0 Å². The second-order valence-corrected chi connectivity index (χ2v) is 5.83. The second-order valence-electron chi connectivity index (χ2n) is 5.83. The standard InChI is InChI=1S/C16H26O/c1-5-6-7-8-14(17)9-10-15-13(2)11-12-16(15,3)4/h9-10H,5-8,11-12H2,1-4H3. The molecule has 0 saturated heterocycles. The lowest BCUT2D eigenvalue weighted by Crippen LogP contribution is -2.08. The fourth-order valence-electron chi connectivity index (χ4n) is 2.52. The van der Waals surface area contributed by atoms with E-state index >= 15 is 0 Å². The number of unbranched alkanes of at least 4 members (excludes halogenated alkanes) is 2. The summed E-state index contributed by atoms with van der Waals surface area (Å²) in [6.07, 6.45) is 10.3. The molecule has 0 saturated carbocycles. The zero-order valence-corrected chi connectivity index (χ0v) is 11.8. The number of ketones is 1. The van der Waals surface area contributed by atoms with Crippen LogP contribution in [-0.4, -0.2) is 5.78 Å². The summed E-state index contributed by atoms with van der Waals surface area (Å²) in [5.74, 6) is 0.279. The van der Waals surface area contributed by atoms with E-state index in [0.717, 1.165) is 12.8 Å². The van der Waals surface area contributed by atoms with Crippen molar-refractivity contribution in [1.29, 1.82) is 0 Å². The van der Waals surface area contributed by atoms with E-state index in [-0.39, 0.29) is 11.2 Å². The molecule has 0 heterocycles. The Labute approximate surface area is 106 Å². The SMILES string of the molecule is CCCCCC(=O)C=CC1=C(C)CCC1(C)C. The highest BCUT2D eigenvalue weighted by atomic mass is 16.1. The Balaban J connectivity index is 2.53. The minimum atomic E-state index is 0.254. The van der Waals surface area contributed by atoms with Gasteiger partial charge in [-0.25, -0.2) is 0 Å². The lowest BCUT2D eigenvalue weighted by atomic mass is 9.85. The molecule has 0 aliphatic heterocycles. The molecule has 0 aromatic heterocycles. The van der Waals surface area contributed by atoms with Gasteiger partial charge in [-0.2, -0.15) is 0 Å². The first kappa shape index (κ1) is 14.2. The second kappa shape index (κ2) is 6.18. The van der Waals surface area contributed by atoms with Crippen molar-refractivity contribution in [2.24, 2.45) is 5.41 Å². The van der Waals surface area contributed by atoms with Gasteiger partial charge in [-0.3, -0.25) is 4.79 Å². The summed E-state index contributed by atoms with van der Waals surface area (Å²) in [6, 6.07) is 0. The summed E-state index contributed by atoms with van der Waals surface area (Å²) < 4.78 is 0. The van der Waals surface area contributed by atoms with E-state index in [9.17, 15) is 4.79 Å². The van der Waals surface area contributed by atoms with Crippen molar-refractivity contribution in [2.75, 3.05) is 0 Å². The Kier molecular flexibility index (Phi) is 5.17. The van der Waals surface area contributed by atoms with Gasteiger partial charge < -0.3 is 0 Å². The fourth-order valence-corrected chi connectivity index (χ4v) is 2.52. The minimum absolute atomic E-state index is 0.254. The van der Waals surface area contributed by atoms with E-state index in [1.165, 1.54) is 30.4 Å². The van der Waals surface area contributed by atoms with Crippen LogP contribution < -0.4 is 0 Å². The molecule has 0 aromatic rings. The Hall–Kier alpha value is -0.850. The van der Waals surface area contributed by atoms with E-state index in [4.69, 9.17) is 0 Å². The topological polar surface area (TPSA) is 17.1 Å². The van der Waals surface area contributed by atoms with Crippen LogP contribution in [0.3, 0.4) is 0 Å². The molecule has 1 aliphatic rings. The van der Waals surface area contributed by atoms with Crippen LogP contribution in [0.25, 0.3) is 0 Å². The quantitative estimate of drug-likeness (QED) is 0.475. The average Bonchev–Trinajstić information content (AvgIpc) is 2.51. The number of carbonyl (C=O) groups is 1. The highest BCUT2D eigenvalue weighted by molar-refractivity contribution is 5.90. The normalized spacial score (nSPS) is 19.3. The maximum absolute atomic E-state index is 11.7. The molecule has 0 radical (unpaired) electrons. The summed E-state index contributed by atoms with van der Waals surface area (Å²) >= 11 is 0. The lowest BCUT2D eigenvalue weighted by molar-refractivity contribution is -0.114. The van der Waals surface area contributed by atoms with Crippen molar-refractivity contribution in [1.82, 2.24) is 0 Å². The van der Waals surface area contributed by atoms with E-state index < -0.39 is 0 Å². The molecule has 0 N–H and O–H groups in total. The van der Waals surface area contributed by atoms with E-state index in [1.54, 1.807) is 6.08 Å². The van der Waals surface area contributed by atoms with E-state index in [1.807, 2.05) is 0 Å². The monoisotopic (exact) mass is 234 g/mol. The first-order valence-corrected chi connectivity index (χ1v) is 6.88. The van der Waals surface area contributed by atoms with Crippen LogP contribution in [-0.2, 0) is 4.79 Å². The average molecular weight is 234 g/mol. The van der Waals surface area contributed by atoms with Crippen molar-refractivity contribution in [3.05, 3.63) is 23.3 Å². The third-order valence-corrected chi connectivity index (χ3v) is 3.78. The molecule has 1 heteroatoms. The third kappa shape index (κ3) is 4.14. The Morgan fingerprint density at radius 3 is 2.59 bits per heavy atom. The van der Waals surface area contributed by atoms with Crippen molar-refractivity contribution in [2.45, 2.75) is 66.2 Å². The molecule has 96 valence electrons. The number of hydrogen-bond donors (Lipinski definition) is 0. The molecule has 0 aromatic carbocycles. The van der Waals surface area contributed by atoms with Gasteiger partial charge in [-0.05, 0) is 43.3 Å². The van der Waals surface area contributed by atoms with E-state index in [0.29, 0.717) is 6.42 Å². The highest BCUT2D eigenvalue weighted by Crippen LogP contribution is 2.42. The molecule has 0 unspecified atom stereocenters. The Morgan fingerprint density at radius 1 is 1.35 bits per heavy atom. The van der Waals surface area contributed by atoms with Crippen LogP contribution in [0, 0.1) is 5.41 Å². The van der Waals surface area contributed by atoms with Crippen molar-refractivity contribution < 1.29 is 4.79 Å². The molecular weight excluding hydrogens is 208 g/mol. The Bertz CT molecular complexity index is 331. The van der Waals surface area contributed by atoms with Gasteiger partial charge in [-0.15, -0.1) is 0 Å². The molecule has 0 atom stereocenters. The first-order valence-electron chi connectivity index (χ1n) is 6.88. The molecule has 17 heavy (non-hydrogen) atoms. The van der Waals surface area contributed by atoms with Crippen molar-refractivity contribution >= 4 is 5.78 Å². The van der Waals surface area contributed by atoms with Crippen LogP contribution in [0.2, 0.25) is 0 Å². The van der Waals surface area contributed by atoms with Gasteiger partial charge in [0.25, 0.3) is 0 Å². The molecule has 1 aliphatic carbocycles. The number of carbonyl (C=O) groups excluding carboxylic acids is 1. The lowest BCUT2D eigenvalue weighted by Gasteiger charge is -2.20. The summed E-state index contributed by atoms with van der Waals surface area (Å²) in [5, 5.41) is 0. The van der Waals surface area contributed by atoms with Gasteiger partial charge in [0, 0.05) is 6.42 Å². The summed E-state index contributed by atoms with van der Waals surface area (Å²) in [7, 11) is 0. The maximum atomic E-state index is 11.7. The molecule has 0 spiro atoms. The van der Waals surface area contributed by atoms with Gasteiger partial charge in [0.05, 0.1) is 0 Å². The van der Waals surface area contributed by atoms with Gasteiger partial charge >= 0.3 is 0 Å². The third-order valence-electron chi connectivity index (χ3n) is 3.78. The zero-order valence-electron chi connectivity index (χ0n) is 11.8. The predicted octanol–water partition coefficient (Wildman–Crippen LogP) is 4.83. The number of rotatable bonds is 6. The summed E-state index contributed by atoms with van der Waals surface area (Å²) in [5.41, 5.74) is 3.08. The van der Waals surface area contributed by atoms with Crippen LogP contribution in [0.15, 0.2) is 23.3 Å². The predicted molar refractivity (Wildman–Crippen MR) is 74.0 cm³/mol. The zero-order chi connectivity index (χ0) is 12.9. The highest BCUT2D eigenvalue weighted by Gasteiger charge is 2.28. The Morgan fingerprint density at radius 2 is 2.06 bits per heavy atom. The van der Waals surface area contributed by atoms with Crippen LogP contribution in [0.1, 0.15) is 66.2 Å². The maximum Gasteiger partial charge on any atom is 0.155 e. The van der Waals surface area contributed by atoms with Crippen LogP contribution in [0.4, 0.5) is 0 Å². The molecule has 1 nitrogen and oxygen atoms in total. The molecule has 0 amide bonds. The minimum Gasteiger partial charge on any atom is -0.295 e. The first-order chi connectivity index (χ1) is 7.97. The largest absolute Gasteiger partial charge is 0.295 e. The molecule has 0 fully saturated rings. The fraction of sp³-hybridized carbons (Fsp3) is 0.688. The smallest absolute Gasteiger partial charge is 0.155 e. The van der Waals surface area contributed by atoms with Crippen molar-refractivity contribution in [3.63, 3.8) is 0 Å².